The van der Waals surface area contributed by atoms with E-state index >= 15 is 0 Å². The summed E-state index contributed by atoms with van der Waals surface area (Å²) in [5.41, 5.74) is 2.40. The van der Waals surface area contributed by atoms with E-state index in [0.717, 1.165) is 55.2 Å². The number of hydrogen-bond donors (Lipinski definition) is 1. The van der Waals surface area contributed by atoms with Crippen molar-refractivity contribution >= 4 is 11.6 Å². The molecule has 0 amide bonds. The molecule has 0 saturated heterocycles. The van der Waals surface area contributed by atoms with Crippen molar-refractivity contribution in [1.29, 1.82) is 0 Å². The van der Waals surface area contributed by atoms with Gasteiger partial charge in [0.05, 0.1) is 6.61 Å². The average Bonchev–Trinajstić information content (AvgIpc) is 2.80. The van der Waals surface area contributed by atoms with Crippen LogP contribution in [0.3, 0.4) is 0 Å². The van der Waals surface area contributed by atoms with Gasteiger partial charge in [0.15, 0.2) is 0 Å². The Morgan fingerprint density at radius 2 is 1.81 bits per heavy atom. The van der Waals surface area contributed by atoms with Crippen LogP contribution in [0.5, 0.6) is 17.2 Å². The molecule has 0 bridgehead atoms. The van der Waals surface area contributed by atoms with Crippen LogP contribution in [0.4, 0.5) is 0 Å². The van der Waals surface area contributed by atoms with Crippen LogP contribution in [0.2, 0.25) is 5.02 Å². The van der Waals surface area contributed by atoms with Crippen LogP contribution in [-0.4, -0.2) is 25.8 Å². The molecule has 1 atom stereocenters. The van der Waals surface area contributed by atoms with Crippen molar-refractivity contribution in [3.8, 4) is 17.2 Å². The first-order valence-corrected chi connectivity index (χ1v) is 11.2. The fourth-order valence-electron chi connectivity index (χ4n) is 3.59. The maximum Gasteiger partial charge on any atom is 0.126 e. The van der Waals surface area contributed by atoms with Gasteiger partial charge in [0.25, 0.3) is 0 Å². The number of aryl methyl sites for hydroxylation is 1. The van der Waals surface area contributed by atoms with Gasteiger partial charge in [0, 0.05) is 17.6 Å². The summed E-state index contributed by atoms with van der Waals surface area (Å²) in [5.74, 6) is 2.59. The fourth-order valence-corrected chi connectivity index (χ4v) is 3.77. The predicted octanol–water partition coefficient (Wildman–Crippen LogP) is 5.67. The summed E-state index contributed by atoms with van der Waals surface area (Å²) in [6.07, 6.45) is 3.14. The zero-order valence-electron chi connectivity index (χ0n) is 17.6. The maximum atomic E-state index is 6.23. The molecular formula is C26H28ClNO3. The molecule has 1 aliphatic heterocycles. The van der Waals surface area contributed by atoms with Crippen molar-refractivity contribution in [2.75, 3.05) is 19.7 Å². The van der Waals surface area contributed by atoms with E-state index in [9.17, 15) is 0 Å². The molecular weight excluding hydrogens is 410 g/mol. The molecule has 4 rings (SSSR count). The number of ether oxygens (including phenoxy) is 3. The molecule has 1 aliphatic rings. The Morgan fingerprint density at radius 3 is 2.68 bits per heavy atom. The van der Waals surface area contributed by atoms with Crippen molar-refractivity contribution < 1.29 is 14.2 Å². The minimum Gasteiger partial charge on any atom is -0.493 e. The van der Waals surface area contributed by atoms with E-state index in [1.165, 1.54) is 5.56 Å². The maximum absolute atomic E-state index is 6.23. The molecule has 1 heterocycles. The molecule has 5 heteroatoms. The van der Waals surface area contributed by atoms with Crippen molar-refractivity contribution in [2.24, 2.45) is 0 Å². The van der Waals surface area contributed by atoms with Crippen molar-refractivity contribution in [3.63, 3.8) is 0 Å². The highest BCUT2D eigenvalue weighted by molar-refractivity contribution is 6.30. The topological polar surface area (TPSA) is 39.7 Å². The van der Waals surface area contributed by atoms with Gasteiger partial charge in [0.2, 0.25) is 0 Å². The molecule has 0 aromatic heterocycles. The summed E-state index contributed by atoms with van der Waals surface area (Å²) in [7, 11) is 0. The van der Waals surface area contributed by atoms with Crippen LogP contribution in [0.25, 0.3) is 0 Å². The molecule has 31 heavy (non-hydrogen) atoms. The lowest BCUT2D eigenvalue weighted by atomic mass is 10.0. The first-order valence-electron chi connectivity index (χ1n) is 10.8. The van der Waals surface area contributed by atoms with Crippen LogP contribution in [0, 0.1) is 0 Å². The van der Waals surface area contributed by atoms with Crippen molar-refractivity contribution in [3.05, 3.63) is 88.9 Å². The first kappa shape index (κ1) is 21.5. The minimum absolute atomic E-state index is 0.172. The van der Waals surface area contributed by atoms with Gasteiger partial charge in [0.1, 0.15) is 30.0 Å². The van der Waals surface area contributed by atoms with Gasteiger partial charge in [-0.25, -0.2) is 0 Å². The zero-order chi connectivity index (χ0) is 21.3. The van der Waals surface area contributed by atoms with E-state index in [4.69, 9.17) is 25.8 Å². The third-order valence-electron chi connectivity index (χ3n) is 5.25. The summed E-state index contributed by atoms with van der Waals surface area (Å²) in [5, 5.41) is 4.18. The molecule has 0 saturated carbocycles. The van der Waals surface area contributed by atoms with Gasteiger partial charge < -0.3 is 19.5 Å². The number of benzene rings is 3. The summed E-state index contributed by atoms with van der Waals surface area (Å²) in [4.78, 5) is 0. The van der Waals surface area contributed by atoms with E-state index in [0.29, 0.717) is 18.2 Å². The van der Waals surface area contributed by atoms with E-state index in [2.05, 4.69) is 23.5 Å². The molecule has 0 fully saturated rings. The second-order valence-corrected chi connectivity index (χ2v) is 8.12. The molecule has 0 radical (unpaired) electrons. The average molecular weight is 438 g/mol. The number of hydrogen-bond acceptors (Lipinski definition) is 4. The van der Waals surface area contributed by atoms with Crippen molar-refractivity contribution in [2.45, 2.75) is 32.0 Å². The second kappa shape index (κ2) is 11.1. The third kappa shape index (κ3) is 6.65. The molecule has 0 aliphatic carbocycles. The highest BCUT2D eigenvalue weighted by Gasteiger charge is 2.20. The molecule has 1 N–H and O–H groups in total. The summed E-state index contributed by atoms with van der Waals surface area (Å²) in [6, 6.07) is 23.8. The number of nitrogens with one attached hydrogen (secondary N) is 1. The second-order valence-electron chi connectivity index (χ2n) is 7.69. The number of fused-ring (bicyclic) bond motifs is 1. The molecule has 3 aromatic carbocycles. The van der Waals surface area contributed by atoms with E-state index in [1.807, 2.05) is 54.6 Å². The van der Waals surface area contributed by atoms with Crippen molar-refractivity contribution in [1.82, 2.24) is 5.32 Å². The standard InChI is InChI=1S/C26H28ClNO3/c27-22-8-4-9-23(16-22)29-15-5-14-28-18-25-13-11-21-10-12-24(17-26(21)31-25)30-19-20-6-2-1-3-7-20/h1-4,6-10,12,16-17,25,28H,5,11,13-15,18-19H2. The van der Waals surface area contributed by atoms with Gasteiger partial charge >= 0.3 is 0 Å². The monoisotopic (exact) mass is 437 g/mol. The van der Waals surface area contributed by atoms with Crippen LogP contribution in [0.15, 0.2) is 72.8 Å². The van der Waals surface area contributed by atoms with Gasteiger partial charge in [-0.05, 0) is 61.2 Å². The first-order chi connectivity index (χ1) is 15.3. The van der Waals surface area contributed by atoms with Crippen LogP contribution >= 0.6 is 11.6 Å². The van der Waals surface area contributed by atoms with Crippen LogP contribution < -0.4 is 19.5 Å². The number of halogens is 1. The molecule has 4 nitrogen and oxygen atoms in total. The van der Waals surface area contributed by atoms with Gasteiger partial charge in [-0.15, -0.1) is 0 Å². The van der Waals surface area contributed by atoms with Gasteiger partial charge in [-0.1, -0.05) is 54.1 Å². The van der Waals surface area contributed by atoms with Gasteiger partial charge in [-0.2, -0.15) is 0 Å². The van der Waals surface area contributed by atoms with E-state index in [1.54, 1.807) is 0 Å². The molecule has 1 unspecified atom stereocenters. The summed E-state index contributed by atoms with van der Waals surface area (Å²) in [6.45, 7) is 2.92. The Kier molecular flexibility index (Phi) is 7.70. The predicted molar refractivity (Wildman–Crippen MR) is 124 cm³/mol. The fraction of sp³-hybridized carbons (Fsp3) is 0.308. The Bertz CT molecular complexity index is 964. The lowest BCUT2D eigenvalue weighted by Crippen LogP contribution is -2.35. The lowest BCUT2D eigenvalue weighted by Gasteiger charge is -2.27. The normalized spacial score (nSPS) is 15.1. The molecule has 162 valence electrons. The summed E-state index contributed by atoms with van der Waals surface area (Å²) >= 11 is 5.97. The molecule has 0 spiro atoms. The quantitative estimate of drug-likeness (QED) is 0.415. The molecule has 3 aromatic rings. The Morgan fingerprint density at radius 1 is 0.935 bits per heavy atom. The van der Waals surface area contributed by atoms with E-state index < -0.39 is 0 Å². The zero-order valence-corrected chi connectivity index (χ0v) is 18.3. The highest BCUT2D eigenvalue weighted by Crippen LogP contribution is 2.31. The third-order valence-corrected chi connectivity index (χ3v) is 5.49. The SMILES string of the molecule is Clc1cccc(OCCCNCC2CCc3ccc(OCc4ccccc4)cc3O2)c1. The van der Waals surface area contributed by atoms with Crippen LogP contribution in [-0.2, 0) is 13.0 Å². The smallest absolute Gasteiger partial charge is 0.126 e. The number of rotatable bonds is 10. The lowest BCUT2D eigenvalue weighted by molar-refractivity contribution is 0.168. The van der Waals surface area contributed by atoms with E-state index in [-0.39, 0.29) is 6.10 Å². The van der Waals surface area contributed by atoms with Crippen LogP contribution in [0.1, 0.15) is 24.0 Å². The Hall–Kier alpha value is -2.69. The summed E-state index contributed by atoms with van der Waals surface area (Å²) < 4.78 is 17.9. The minimum atomic E-state index is 0.172. The largest absolute Gasteiger partial charge is 0.493 e. The highest BCUT2D eigenvalue weighted by atomic mass is 35.5. The Labute approximate surface area is 189 Å². The van der Waals surface area contributed by atoms with Gasteiger partial charge in [-0.3, -0.25) is 0 Å². The Balaban J connectivity index is 1.17.